The van der Waals surface area contributed by atoms with Crippen LogP contribution in [-0.4, -0.2) is 39.0 Å². The Morgan fingerprint density at radius 3 is 1.69 bits per heavy atom. The molecular weight excluding hydrogens is 231 g/mol. The van der Waals surface area contributed by atoms with Crippen LogP contribution in [0.2, 0.25) is 0 Å². The van der Waals surface area contributed by atoms with Gasteiger partial charge in [0, 0.05) is 6.42 Å². The van der Waals surface area contributed by atoms with Crippen LogP contribution in [0, 0.1) is 0 Å². The second-order valence-electron chi connectivity index (χ2n) is 3.83. The number of carboxylic acid groups (broad SMARTS) is 2. The fraction of sp³-hybridized carbons (Fsp3) is 0.750. The Morgan fingerprint density at radius 1 is 1.06 bits per heavy atom. The van der Waals surface area contributed by atoms with E-state index >= 15 is 0 Å². The molecule has 94 valence electrons. The molecule has 0 aromatic heterocycles. The predicted octanol–water partition coefficient (Wildman–Crippen LogP) is 2.77. The number of rotatable bonds is 3. The Hall–Kier alpha value is -1.47. The summed E-state index contributed by atoms with van der Waals surface area (Å²) in [6.07, 6.45) is -9.88. The number of halogens is 3. The molecule has 0 aliphatic rings. The molecule has 2 amide bonds. The van der Waals surface area contributed by atoms with Gasteiger partial charge in [0.2, 0.25) is 0 Å². The zero-order chi connectivity index (χ0) is 13.1. The minimum Gasteiger partial charge on any atom is -0.465 e. The lowest BCUT2D eigenvalue weighted by Crippen LogP contribution is -2.50. The molecule has 0 aliphatic heterocycles. The smallest absolute Gasteiger partial charge is 0.417 e. The molecule has 2 N–H and O–H groups in total. The van der Waals surface area contributed by atoms with Crippen molar-refractivity contribution in [2.24, 2.45) is 0 Å². The normalized spacial score (nSPS) is 12.3. The van der Waals surface area contributed by atoms with E-state index in [-0.39, 0.29) is 4.90 Å². The Morgan fingerprint density at radius 2 is 1.44 bits per heavy atom. The van der Waals surface area contributed by atoms with E-state index in [4.69, 9.17) is 10.2 Å². The molecule has 0 rings (SSSR count). The first-order valence-electron chi connectivity index (χ1n) is 4.30. The van der Waals surface area contributed by atoms with Crippen LogP contribution in [0.25, 0.3) is 0 Å². The first kappa shape index (κ1) is 14.5. The van der Waals surface area contributed by atoms with E-state index in [2.05, 4.69) is 0 Å². The van der Waals surface area contributed by atoms with E-state index in [0.29, 0.717) is 0 Å². The second-order valence-corrected chi connectivity index (χ2v) is 3.83. The van der Waals surface area contributed by atoms with Gasteiger partial charge in [0.1, 0.15) is 0 Å². The van der Waals surface area contributed by atoms with Crippen molar-refractivity contribution in [1.82, 2.24) is 4.90 Å². The van der Waals surface area contributed by atoms with Crippen molar-refractivity contribution < 1.29 is 33.0 Å². The van der Waals surface area contributed by atoms with Gasteiger partial charge in [-0.25, -0.2) is 14.5 Å². The Kier molecular flexibility index (Phi) is 4.16. The summed E-state index contributed by atoms with van der Waals surface area (Å²) in [4.78, 5) is 21.1. The third-order valence-corrected chi connectivity index (χ3v) is 2.01. The molecule has 0 saturated carbocycles. The molecule has 0 atom stereocenters. The topological polar surface area (TPSA) is 77.8 Å². The first-order chi connectivity index (χ1) is 6.97. The minimum atomic E-state index is -4.44. The molecule has 0 aromatic carbocycles. The average Bonchev–Trinajstić information content (AvgIpc) is 1.97. The summed E-state index contributed by atoms with van der Waals surface area (Å²) in [5.74, 6) is 0. The summed E-state index contributed by atoms with van der Waals surface area (Å²) in [6, 6.07) is 0. The van der Waals surface area contributed by atoms with Gasteiger partial charge >= 0.3 is 18.4 Å². The van der Waals surface area contributed by atoms with Crippen molar-refractivity contribution in [3.63, 3.8) is 0 Å². The lowest BCUT2D eigenvalue weighted by atomic mass is 9.96. The monoisotopic (exact) mass is 243 g/mol. The zero-order valence-electron chi connectivity index (χ0n) is 8.71. The maximum Gasteiger partial charge on any atom is 0.417 e. The predicted molar refractivity (Wildman–Crippen MR) is 47.3 cm³/mol. The SMILES string of the molecule is CC(C)(CCC(F)(F)F)N(C(=O)O)C(=O)O. The van der Waals surface area contributed by atoms with Gasteiger partial charge in [-0.05, 0) is 20.3 Å². The highest BCUT2D eigenvalue weighted by Crippen LogP contribution is 2.29. The molecule has 0 heterocycles. The van der Waals surface area contributed by atoms with Gasteiger partial charge in [0.25, 0.3) is 0 Å². The van der Waals surface area contributed by atoms with Crippen molar-refractivity contribution in [2.75, 3.05) is 0 Å². The Labute approximate surface area is 89.5 Å². The van der Waals surface area contributed by atoms with Gasteiger partial charge in [-0.2, -0.15) is 13.2 Å². The van der Waals surface area contributed by atoms with E-state index in [9.17, 15) is 22.8 Å². The Bertz CT molecular complexity index is 273. The number of nitrogens with zero attached hydrogens (tertiary/aromatic N) is 1. The molecule has 0 spiro atoms. The zero-order valence-corrected chi connectivity index (χ0v) is 8.71. The number of carbonyl (C=O) groups is 2. The minimum absolute atomic E-state index is 0.0290. The first-order valence-corrected chi connectivity index (χ1v) is 4.30. The van der Waals surface area contributed by atoms with E-state index in [0.717, 1.165) is 13.8 Å². The third kappa shape index (κ3) is 4.37. The Balaban J connectivity index is 4.74. The average molecular weight is 243 g/mol. The lowest BCUT2D eigenvalue weighted by Gasteiger charge is -2.32. The van der Waals surface area contributed by atoms with Crippen LogP contribution in [0.15, 0.2) is 0 Å². The number of alkyl halides is 3. The summed E-state index contributed by atoms with van der Waals surface area (Å²) < 4.78 is 35.8. The lowest BCUT2D eigenvalue weighted by molar-refractivity contribution is -0.140. The molecule has 0 bridgehead atoms. The fourth-order valence-corrected chi connectivity index (χ4v) is 1.16. The quantitative estimate of drug-likeness (QED) is 0.798. The highest BCUT2D eigenvalue weighted by atomic mass is 19.4. The molecular formula is C8H12F3NO4. The van der Waals surface area contributed by atoms with Crippen molar-refractivity contribution >= 4 is 12.2 Å². The van der Waals surface area contributed by atoms with Crippen LogP contribution in [-0.2, 0) is 0 Å². The largest absolute Gasteiger partial charge is 0.465 e. The summed E-state index contributed by atoms with van der Waals surface area (Å²) in [5, 5.41) is 17.1. The summed E-state index contributed by atoms with van der Waals surface area (Å²) in [6.45, 7) is 2.25. The van der Waals surface area contributed by atoms with Gasteiger partial charge in [-0.1, -0.05) is 0 Å². The van der Waals surface area contributed by atoms with Gasteiger partial charge in [0.15, 0.2) is 0 Å². The number of hydrogen-bond acceptors (Lipinski definition) is 2. The van der Waals surface area contributed by atoms with Crippen molar-refractivity contribution in [2.45, 2.75) is 38.4 Å². The van der Waals surface area contributed by atoms with Crippen molar-refractivity contribution in [1.29, 1.82) is 0 Å². The highest BCUT2D eigenvalue weighted by Gasteiger charge is 2.39. The van der Waals surface area contributed by atoms with Crippen LogP contribution in [0.5, 0.6) is 0 Å². The molecule has 0 unspecified atom stereocenters. The molecule has 0 radical (unpaired) electrons. The molecule has 8 heteroatoms. The van der Waals surface area contributed by atoms with Crippen LogP contribution in [0.3, 0.4) is 0 Å². The molecule has 0 saturated heterocycles. The maximum atomic E-state index is 11.9. The maximum absolute atomic E-state index is 11.9. The third-order valence-electron chi connectivity index (χ3n) is 2.01. The standard InChI is InChI=1S/C8H12F3NO4/c1-7(2,3-4-8(9,10)11)12(5(13)14)6(15)16/h3-4H2,1-2H3,(H,13,14)(H,15,16). The van der Waals surface area contributed by atoms with E-state index in [1.165, 1.54) is 0 Å². The van der Waals surface area contributed by atoms with Crippen LogP contribution >= 0.6 is 0 Å². The molecule has 0 aromatic rings. The second kappa shape index (κ2) is 4.58. The van der Waals surface area contributed by atoms with Gasteiger partial charge in [-0.3, -0.25) is 0 Å². The number of amides is 2. The van der Waals surface area contributed by atoms with Crippen LogP contribution in [0.4, 0.5) is 22.8 Å². The van der Waals surface area contributed by atoms with Gasteiger partial charge in [0.05, 0.1) is 5.54 Å². The molecule has 0 aliphatic carbocycles. The molecule has 16 heavy (non-hydrogen) atoms. The van der Waals surface area contributed by atoms with E-state index in [1.807, 2.05) is 0 Å². The number of hydrogen-bond donors (Lipinski definition) is 2. The molecule has 5 nitrogen and oxygen atoms in total. The van der Waals surface area contributed by atoms with Gasteiger partial charge < -0.3 is 10.2 Å². The van der Waals surface area contributed by atoms with Gasteiger partial charge in [-0.15, -0.1) is 0 Å². The summed E-state index contributed by atoms with van der Waals surface area (Å²) in [7, 11) is 0. The molecule has 0 fully saturated rings. The number of imide groups is 1. The van der Waals surface area contributed by atoms with Crippen molar-refractivity contribution in [3.8, 4) is 0 Å². The fourth-order valence-electron chi connectivity index (χ4n) is 1.16. The van der Waals surface area contributed by atoms with E-state index in [1.54, 1.807) is 0 Å². The summed E-state index contributed by atoms with van der Waals surface area (Å²) in [5.41, 5.74) is -1.62. The van der Waals surface area contributed by atoms with E-state index < -0.39 is 36.7 Å². The summed E-state index contributed by atoms with van der Waals surface area (Å²) >= 11 is 0. The van der Waals surface area contributed by atoms with Crippen molar-refractivity contribution in [3.05, 3.63) is 0 Å². The van der Waals surface area contributed by atoms with Crippen LogP contribution in [0.1, 0.15) is 26.7 Å². The van der Waals surface area contributed by atoms with Crippen LogP contribution < -0.4 is 0 Å². The highest BCUT2D eigenvalue weighted by molar-refractivity contribution is 5.86.